The van der Waals surface area contributed by atoms with Crippen molar-refractivity contribution in [3.05, 3.63) is 69.7 Å². The first-order valence-electron chi connectivity index (χ1n) is 12.5. The number of piperidine rings is 1. The number of hydrogen-bond donors (Lipinski definition) is 1. The average Bonchev–Trinajstić information content (AvgIpc) is 3.17. The molecule has 4 rings (SSSR count). The van der Waals surface area contributed by atoms with Crippen LogP contribution in [0.15, 0.2) is 48.5 Å². The van der Waals surface area contributed by atoms with Gasteiger partial charge in [0.25, 0.3) is 0 Å². The molecule has 0 radical (unpaired) electrons. The van der Waals surface area contributed by atoms with E-state index in [1.807, 2.05) is 37.3 Å². The first-order valence-corrected chi connectivity index (χ1v) is 14.8. The fourth-order valence-corrected chi connectivity index (χ4v) is 7.71. The number of halogens is 2. The van der Waals surface area contributed by atoms with Gasteiger partial charge >= 0.3 is 5.97 Å². The van der Waals surface area contributed by atoms with Gasteiger partial charge in [0.1, 0.15) is 0 Å². The Bertz CT molecular complexity index is 1270. The van der Waals surface area contributed by atoms with Crippen LogP contribution in [0.5, 0.6) is 0 Å². The fourth-order valence-electron chi connectivity index (χ4n) is 5.83. The number of nitrogens with zero attached hydrogens (tertiary/aromatic N) is 2. The van der Waals surface area contributed by atoms with Crippen molar-refractivity contribution in [1.29, 1.82) is 0 Å². The Kier molecular flexibility index (Phi) is 8.24. The van der Waals surface area contributed by atoms with Crippen LogP contribution in [0.1, 0.15) is 62.6 Å². The quantitative estimate of drug-likeness (QED) is 0.465. The summed E-state index contributed by atoms with van der Waals surface area (Å²) in [5.41, 5.74) is 0.562. The van der Waals surface area contributed by atoms with Gasteiger partial charge in [0.05, 0.1) is 23.6 Å². The van der Waals surface area contributed by atoms with Gasteiger partial charge in [-0.3, -0.25) is 9.59 Å². The summed E-state index contributed by atoms with van der Waals surface area (Å²) < 4.78 is 26.8. The van der Waals surface area contributed by atoms with Crippen molar-refractivity contribution in [2.45, 2.75) is 57.5 Å². The highest BCUT2D eigenvalue weighted by molar-refractivity contribution is 7.89. The Morgan fingerprint density at radius 3 is 2.41 bits per heavy atom. The zero-order valence-corrected chi connectivity index (χ0v) is 23.3. The summed E-state index contributed by atoms with van der Waals surface area (Å²) in [6, 6.07) is 13.8. The van der Waals surface area contributed by atoms with E-state index in [0.29, 0.717) is 35.9 Å². The number of carboxylic acids is 1. The molecule has 1 N–H and O–H groups in total. The SMILES string of the molecule is CCC(CN1CCCS1(=O)=O)N1C(=O)[C@@](C)(CC(=O)O)C[C@H](c2cccc(Cl)c2)C1c1ccc(Cl)cc1. The normalized spacial score (nSPS) is 26.8. The lowest BCUT2D eigenvalue weighted by Gasteiger charge is -2.52. The molecular formula is C27H32Cl2N2O5S. The maximum absolute atomic E-state index is 14.3. The molecule has 1 amide bonds. The second kappa shape index (κ2) is 10.9. The van der Waals surface area contributed by atoms with Crippen LogP contribution in [0, 0.1) is 5.41 Å². The maximum atomic E-state index is 14.3. The summed E-state index contributed by atoms with van der Waals surface area (Å²) in [6.45, 7) is 4.21. The summed E-state index contributed by atoms with van der Waals surface area (Å²) in [5, 5.41) is 10.9. The van der Waals surface area contributed by atoms with E-state index < -0.39 is 33.5 Å². The van der Waals surface area contributed by atoms with Crippen molar-refractivity contribution < 1.29 is 23.1 Å². The standard InChI is InChI=1S/C27H32Cl2N2O5S/c1-3-22(17-30-12-5-13-37(30,35)36)31-25(18-8-10-20(28)11-9-18)23(19-6-4-7-21(29)14-19)15-27(2,26(31)34)16-24(32)33/h4,6-11,14,22-23,25H,3,5,12-13,15-17H2,1-2H3,(H,32,33)/t22?,23-,25?,27-/m1/s1. The van der Waals surface area contributed by atoms with Crippen LogP contribution in [-0.2, 0) is 19.6 Å². The minimum atomic E-state index is -3.39. The molecule has 2 aromatic rings. The van der Waals surface area contributed by atoms with Gasteiger partial charge in [-0.1, -0.05) is 61.3 Å². The Balaban J connectivity index is 1.88. The largest absolute Gasteiger partial charge is 0.481 e. The van der Waals surface area contributed by atoms with Crippen LogP contribution >= 0.6 is 23.2 Å². The summed E-state index contributed by atoms with van der Waals surface area (Å²) >= 11 is 12.6. The minimum absolute atomic E-state index is 0.0971. The Labute approximate surface area is 228 Å². The molecule has 2 unspecified atom stereocenters. The lowest BCUT2D eigenvalue weighted by Crippen LogP contribution is -2.58. The van der Waals surface area contributed by atoms with Gasteiger partial charge in [-0.25, -0.2) is 8.42 Å². The highest BCUT2D eigenvalue weighted by Crippen LogP contribution is 2.52. The molecule has 2 heterocycles. The predicted octanol–water partition coefficient (Wildman–Crippen LogP) is 5.35. The summed E-state index contributed by atoms with van der Waals surface area (Å²) in [6.07, 6.45) is 1.04. The van der Waals surface area contributed by atoms with Gasteiger partial charge < -0.3 is 10.0 Å². The highest BCUT2D eigenvalue weighted by atomic mass is 35.5. The molecule has 2 aromatic carbocycles. The van der Waals surface area contributed by atoms with Gasteiger partial charge in [0, 0.05) is 35.1 Å². The van der Waals surface area contributed by atoms with Crippen molar-refractivity contribution >= 4 is 45.1 Å². The molecule has 0 saturated carbocycles. The molecule has 7 nitrogen and oxygen atoms in total. The number of carboxylic acid groups (broad SMARTS) is 1. The second-order valence-electron chi connectivity index (χ2n) is 10.3. The lowest BCUT2D eigenvalue weighted by molar-refractivity contribution is -0.160. The molecule has 200 valence electrons. The van der Waals surface area contributed by atoms with E-state index in [1.54, 1.807) is 30.0 Å². The number of aliphatic carboxylic acids is 1. The lowest BCUT2D eigenvalue weighted by atomic mass is 9.67. The number of carbonyl (C=O) groups excluding carboxylic acids is 1. The molecule has 37 heavy (non-hydrogen) atoms. The molecule has 2 aliphatic heterocycles. The van der Waals surface area contributed by atoms with Crippen LogP contribution in [0.3, 0.4) is 0 Å². The average molecular weight is 568 g/mol. The van der Waals surface area contributed by atoms with Crippen LogP contribution in [0.25, 0.3) is 0 Å². The Hall–Kier alpha value is -2.13. The van der Waals surface area contributed by atoms with Crippen LogP contribution < -0.4 is 0 Å². The van der Waals surface area contributed by atoms with Crippen molar-refractivity contribution in [2.75, 3.05) is 18.8 Å². The molecule has 2 aliphatic rings. The smallest absolute Gasteiger partial charge is 0.304 e. The molecule has 4 atom stereocenters. The van der Waals surface area contributed by atoms with Crippen molar-refractivity contribution in [3.8, 4) is 0 Å². The van der Waals surface area contributed by atoms with E-state index in [2.05, 4.69) is 0 Å². The van der Waals surface area contributed by atoms with E-state index in [9.17, 15) is 23.1 Å². The van der Waals surface area contributed by atoms with Crippen LogP contribution in [-0.4, -0.2) is 59.5 Å². The molecule has 0 aliphatic carbocycles. The predicted molar refractivity (Wildman–Crippen MR) is 144 cm³/mol. The monoisotopic (exact) mass is 566 g/mol. The van der Waals surface area contributed by atoms with Crippen molar-refractivity contribution in [3.63, 3.8) is 0 Å². The molecular weight excluding hydrogens is 535 g/mol. The highest BCUT2D eigenvalue weighted by Gasteiger charge is 2.52. The van der Waals surface area contributed by atoms with Gasteiger partial charge in [-0.05, 0) is 54.7 Å². The molecule has 0 aromatic heterocycles. The third-order valence-corrected chi connectivity index (χ3v) is 10.0. The van der Waals surface area contributed by atoms with Gasteiger partial charge in [-0.15, -0.1) is 0 Å². The van der Waals surface area contributed by atoms with Crippen molar-refractivity contribution in [2.24, 2.45) is 5.41 Å². The first kappa shape index (κ1) is 27.9. The molecule has 2 saturated heterocycles. The first-order chi connectivity index (χ1) is 17.4. The van der Waals surface area contributed by atoms with Crippen LogP contribution in [0.2, 0.25) is 10.0 Å². The third-order valence-electron chi connectivity index (χ3n) is 7.61. The van der Waals surface area contributed by atoms with Gasteiger partial charge in [0.15, 0.2) is 0 Å². The fraction of sp³-hybridized carbons (Fsp3) is 0.481. The van der Waals surface area contributed by atoms with Crippen molar-refractivity contribution in [1.82, 2.24) is 9.21 Å². The molecule has 0 spiro atoms. The summed E-state index contributed by atoms with van der Waals surface area (Å²) in [7, 11) is -3.39. The number of rotatable bonds is 8. The number of carbonyl (C=O) groups is 2. The van der Waals surface area contributed by atoms with E-state index >= 15 is 0 Å². The number of benzene rings is 2. The van der Waals surface area contributed by atoms with Crippen LogP contribution in [0.4, 0.5) is 0 Å². The number of hydrogen-bond acceptors (Lipinski definition) is 4. The van der Waals surface area contributed by atoms with E-state index in [0.717, 1.165) is 11.1 Å². The van der Waals surface area contributed by atoms with E-state index in [4.69, 9.17) is 23.2 Å². The molecule has 0 bridgehead atoms. The number of likely N-dealkylation sites (tertiary alicyclic amines) is 1. The van der Waals surface area contributed by atoms with Gasteiger partial charge in [0.2, 0.25) is 15.9 Å². The van der Waals surface area contributed by atoms with E-state index in [-0.39, 0.29) is 30.5 Å². The Morgan fingerprint density at radius 2 is 1.84 bits per heavy atom. The number of sulfonamides is 1. The molecule has 10 heteroatoms. The molecule has 2 fully saturated rings. The van der Waals surface area contributed by atoms with Gasteiger partial charge in [-0.2, -0.15) is 4.31 Å². The Morgan fingerprint density at radius 1 is 1.14 bits per heavy atom. The summed E-state index contributed by atoms with van der Waals surface area (Å²) in [4.78, 5) is 27.9. The zero-order chi connectivity index (χ0) is 27.0. The third kappa shape index (κ3) is 5.82. The zero-order valence-electron chi connectivity index (χ0n) is 20.9. The maximum Gasteiger partial charge on any atom is 0.304 e. The second-order valence-corrected chi connectivity index (χ2v) is 13.3. The van der Waals surface area contributed by atoms with E-state index in [1.165, 1.54) is 4.31 Å². The minimum Gasteiger partial charge on any atom is -0.481 e. The summed E-state index contributed by atoms with van der Waals surface area (Å²) in [5.74, 6) is -1.51. The number of amides is 1. The topological polar surface area (TPSA) is 95.0 Å².